The Morgan fingerprint density at radius 1 is 1.38 bits per heavy atom. The van der Waals surface area contributed by atoms with Crippen molar-refractivity contribution >= 4 is 11.8 Å². The quantitative estimate of drug-likeness (QED) is 0.686. The summed E-state index contributed by atoms with van der Waals surface area (Å²) < 4.78 is 0.421. The minimum Gasteiger partial charge on any atom is -0.313 e. The highest BCUT2D eigenvalue weighted by Crippen LogP contribution is 2.32. The van der Waals surface area contributed by atoms with E-state index in [1.54, 1.807) is 0 Å². The molecule has 78 valence electrons. The lowest BCUT2D eigenvalue weighted by Gasteiger charge is -2.19. The molecule has 0 aromatic carbocycles. The second kappa shape index (κ2) is 4.70. The van der Waals surface area contributed by atoms with E-state index < -0.39 is 0 Å². The maximum atomic E-state index is 3.60. The molecular formula is C11H23NS. The van der Waals surface area contributed by atoms with Crippen molar-refractivity contribution in [2.24, 2.45) is 5.92 Å². The monoisotopic (exact) mass is 201 g/mol. The molecule has 0 bridgehead atoms. The van der Waals surface area contributed by atoms with Crippen molar-refractivity contribution in [2.45, 2.75) is 51.3 Å². The normalized spacial score (nSPS) is 20.3. The molecule has 0 spiro atoms. The Morgan fingerprint density at radius 3 is 2.46 bits per heavy atom. The summed E-state index contributed by atoms with van der Waals surface area (Å²) >= 11 is 2.05. The van der Waals surface area contributed by atoms with Crippen molar-refractivity contribution in [3.05, 3.63) is 0 Å². The molecule has 1 N–H and O–H groups in total. The van der Waals surface area contributed by atoms with Crippen LogP contribution in [0.3, 0.4) is 0 Å². The topological polar surface area (TPSA) is 12.0 Å². The van der Waals surface area contributed by atoms with Gasteiger partial charge in [0.15, 0.2) is 0 Å². The van der Waals surface area contributed by atoms with Gasteiger partial charge < -0.3 is 5.32 Å². The fourth-order valence-corrected chi connectivity index (χ4v) is 2.24. The second-order valence-electron chi connectivity index (χ2n) is 5.04. The Hall–Kier alpha value is 0.310. The molecule has 1 unspecified atom stereocenters. The molecule has 0 aromatic heterocycles. The number of hydrogen-bond donors (Lipinski definition) is 1. The highest BCUT2D eigenvalue weighted by Gasteiger charge is 2.27. The summed E-state index contributed by atoms with van der Waals surface area (Å²) in [5.74, 6) is 2.22. The van der Waals surface area contributed by atoms with E-state index in [0.717, 1.165) is 12.0 Å². The Bertz CT molecular complexity index is 147. The molecule has 1 aliphatic rings. The number of thioether (sulfide) groups is 1. The molecule has 1 rings (SSSR count). The van der Waals surface area contributed by atoms with Crippen LogP contribution in [0.1, 0.15) is 40.5 Å². The van der Waals surface area contributed by atoms with E-state index in [9.17, 15) is 0 Å². The highest BCUT2D eigenvalue weighted by molar-refractivity contribution is 8.00. The summed E-state index contributed by atoms with van der Waals surface area (Å²) in [4.78, 5) is 0. The lowest BCUT2D eigenvalue weighted by molar-refractivity contribution is 0.514. The Balaban J connectivity index is 1.94. The maximum absolute atomic E-state index is 3.60. The van der Waals surface area contributed by atoms with Crippen LogP contribution in [-0.2, 0) is 0 Å². The summed E-state index contributed by atoms with van der Waals surface area (Å²) in [5, 5.41) is 3.60. The van der Waals surface area contributed by atoms with E-state index in [1.807, 2.05) is 11.8 Å². The van der Waals surface area contributed by atoms with Gasteiger partial charge in [-0.15, -0.1) is 0 Å². The fraction of sp³-hybridized carbons (Fsp3) is 1.00. The van der Waals surface area contributed by atoms with E-state index in [-0.39, 0.29) is 0 Å². The van der Waals surface area contributed by atoms with Crippen LogP contribution in [0.25, 0.3) is 0 Å². The smallest absolute Gasteiger partial charge is 0.00755 e. The molecule has 1 fully saturated rings. The third kappa shape index (κ3) is 5.58. The zero-order chi connectivity index (χ0) is 9.90. The molecule has 0 saturated heterocycles. The molecule has 1 nitrogen and oxygen atoms in total. The number of hydrogen-bond acceptors (Lipinski definition) is 2. The average Bonchev–Trinajstić information content (AvgIpc) is 2.77. The molecule has 0 heterocycles. The Morgan fingerprint density at radius 2 is 2.00 bits per heavy atom. The van der Waals surface area contributed by atoms with Gasteiger partial charge in [-0.2, -0.15) is 11.8 Å². The summed E-state index contributed by atoms with van der Waals surface area (Å²) in [5.41, 5.74) is 0. The van der Waals surface area contributed by atoms with Crippen LogP contribution in [0.4, 0.5) is 0 Å². The molecule has 0 radical (unpaired) electrons. The van der Waals surface area contributed by atoms with Crippen LogP contribution >= 0.6 is 11.8 Å². The molecule has 1 atom stereocenters. The van der Waals surface area contributed by atoms with Crippen LogP contribution < -0.4 is 5.32 Å². The van der Waals surface area contributed by atoms with Gasteiger partial charge in [0.25, 0.3) is 0 Å². The first-order chi connectivity index (χ1) is 5.99. The lowest BCUT2D eigenvalue weighted by atomic mass is 10.2. The van der Waals surface area contributed by atoms with Crippen LogP contribution in [0, 0.1) is 5.92 Å². The molecule has 0 aromatic rings. The number of nitrogens with one attached hydrogen (secondary N) is 1. The third-order valence-corrected chi connectivity index (χ3v) is 3.71. The van der Waals surface area contributed by atoms with Gasteiger partial charge in [-0.25, -0.2) is 0 Å². The van der Waals surface area contributed by atoms with Gasteiger partial charge in [0.2, 0.25) is 0 Å². The summed E-state index contributed by atoms with van der Waals surface area (Å²) in [6.45, 7) is 10.3. The van der Waals surface area contributed by atoms with Crippen LogP contribution in [0.15, 0.2) is 0 Å². The van der Waals surface area contributed by atoms with Gasteiger partial charge >= 0.3 is 0 Å². The molecule has 1 aliphatic carbocycles. The predicted octanol–water partition coefficient (Wildman–Crippen LogP) is 2.91. The fourth-order valence-electron chi connectivity index (χ4n) is 1.41. The largest absolute Gasteiger partial charge is 0.313 e. The van der Waals surface area contributed by atoms with Crippen molar-refractivity contribution in [1.82, 2.24) is 5.32 Å². The first kappa shape index (κ1) is 11.4. The predicted molar refractivity (Wildman–Crippen MR) is 62.4 cm³/mol. The van der Waals surface area contributed by atoms with Crippen LogP contribution in [0.2, 0.25) is 0 Å². The molecule has 0 aliphatic heterocycles. The van der Waals surface area contributed by atoms with Gasteiger partial charge in [0.1, 0.15) is 0 Å². The van der Waals surface area contributed by atoms with E-state index in [4.69, 9.17) is 0 Å². The third-order valence-electron chi connectivity index (χ3n) is 2.43. The zero-order valence-corrected chi connectivity index (χ0v) is 10.2. The van der Waals surface area contributed by atoms with Crippen molar-refractivity contribution in [3.8, 4) is 0 Å². The average molecular weight is 201 g/mol. The van der Waals surface area contributed by atoms with Crippen LogP contribution in [-0.4, -0.2) is 23.1 Å². The van der Waals surface area contributed by atoms with Gasteiger partial charge in [-0.05, 0) is 25.7 Å². The summed E-state index contributed by atoms with van der Waals surface area (Å²) in [6.07, 6.45) is 2.89. The lowest BCUT2D eigenvalue weighted by Crippen LogP contribution is -2.30. The standard InChI is InChI=1S/C11H23NS/c1-9(10-5-6-10)12-7-8-13-11(2,3)4/h9-10,12H,5-8H2,1-4H3. The van der Waals surface area contributed by atoms with Crippen LogP contribution in [0.5, 0.6) is 0 Å². The van der Waals surface area contributed by atoms with Crippen molar-refractivity contribution < 1.29 is 0 Å². The molecule has 0 amide bonds. The SMILES string of the molecule is CC(NCCSC(C)(C)C)C1CC1. The van der Waals surface area contributed by atoms with Gasteiger partial charge in [0.05, 0.1) is 0 Å². The molecule has 1 saturated carbocycles. The molecular weight excluding hydrogens is 178 g/mol. The van der Waals surface area contributed by atoms with Gasteiger partial charge in [0, 0.05) is 23.1 Å². The minimum absolute atomic E-state index is 0.421. The van der Waals surface area contributed by atoms with Gasteiger partial charge in [-0.3, -0.25) is 0 Å². The van der Waals surface area contributed by atoms with Crippen molar-refractivity contribution in [2.75, 3.05) is 12.3 Å². The first-order valence-corrected chi connectivity index (χ1v) is 6.35. The summed E-state index contributed by atoms with van der Waals surface area (Å²) in [7, 11) is 0. The highest BCUT2D eigenvalue weighted by atomic mass is 32.2. The molecule has 2 heteroatoms. The van der Waals surface area contributed by atoms with E-state index >= 15 is 0 Å². The maximum Gasteiger partial charge on any atom is 0.00755 e. The summed E-state index contributed by atoms with van der Waals surface area (Å²) in [6, 6.07) is 0.751. The first-order valence-electron chi connectivity index (χ1n) is 5.36. The molecule has 13 heavy (non-hydrogen) atoms. The Labute approximate surface area is 87.1 Å². The minimum atomic E-state index is 0.421. The van der Waals surface area contributed by atoms with Crippen molar-refractivity contribution in [3.63, 3.8) is 0 Å². The second-order valence-corrected chi connectivity index (χ2v) is 6.96. The van der Waals surface area contributed by atoms with E-state index in [1.165, 1.54) is 25.1 Å². The van der Waals surface area contributed by atoms with Gasteiger partial charge in [-0.1, -0.05) is 20.8 Å². The van der Waals surface area contributed by atoms with Crippen molar-refractivity contribution in [1.29, 1.82) is 0 Å². The number of rotatable bonds is 5. The van der Waals surface area contributed by atoms with E-state index in [2.05, 4.69) is 33.0 Å². The van der Waals surface area contributed by atoms with E-state index in [0.29, 0.717) is 4.75 Å². The Kier molecular flexibility index (Phi) is 4.11. The zero-order valence-electron chi connectivity index (χ0n) is 9.39.